The van der Waals surface area contributed by atoms with Gasteiger partial charge in [0.2, 0.25) is 0 Å². The van der Waals surface area contributed by atoms with Crippen LogP contribution >= 0.6 is 0 Å². The third-order valence-electron chi connectivity index (χ3n) is 2.45. The summed E-state index contributed by atoms with van der Waals surface area (Å²) in [5.41, 5.74) is -0.320. The van der Waals surface area contributed by atoms with Crippen LogP contribution < -0.4 is 0 Å². The molecule has 0 saturated heterocycles. The summed E-state index contributed by atoms with van der Waals surface area (Å²) in [7, 11) is 0. The molecule has 0 aliphatic carbocycles. The Morgan fingerprint density at radius 2 is 2.05 bits per heavy atom. The van der Waals surface area contributed by atoms with E-state index in [2.05, 4.69) is 5.10 Å². The minimum absolute atomic E-state index is 0.0806. The number of aromatic nitrogens is 2. The number of carboxylic acids is 1. The van der Waals surface area contributed by atoms with Crippen LogP contribution in [-0.2, 0) is 12.7 Å². The summed E-state index contributed by atoms with van der Waals surface area (Å²) in [5.74, 6) is -1.08. The number of hydrogen-bond donors (Lipinski definition) is 1. The third-order valence-corrected chi connectivity index (χ3v) is 2.45. The second kappa shape index (κ2) is 4.75. The van der Waals surface area contributed by atoms with Gasteiger partial charge in [-0.1, -0.05) is 12.1 Å². The fraction of sp³-hybridized carbons (Fsp3) is 0.167. The second-order valence-corrected chi connectivity index (χ2v) is 3.90. The van der Waals surface area contributed by atoms with Crippen molar-refractivity contribution in [2.75, 3.05) is 0 Å². The van der Waals surface area contributed by atoms with Gasteiger partial charge in [0.1, 0.15) is 0 Å². The van der Waals surface area contributed by atoms with E-state index in [0.29, 0.717) is 5.56 Å². The molecule has 0 atom stereocenters. The van der Waals surface area contributed by atoms with Gasteiger partial charge in [-0.3, -0.25) is 4.68 Å². The van der Waals surface area contributed by atoms with Gasteiger partial charge < -0.3 is 5.11 Å². The van der Waals surface area contributed by atoms with Gasteiger partial charge in [-0.2, -0.15) is 18.3 Å². The Hall–Kier alpha value is -2.31. The van der Waals surface area contributed by atoms with Crippen molar-refractivity contribution in [3.05, 3.63) is 53.3 Å². The molecular formula is C12H9F3N2O2. The van der Waals surface area contributed by atoms with E-state index < -0.39 is 17.8 Å². The predicted molar refractivity (Wildman–Crippen MR) is 59.7 cm³/mol. The number of carboxylic acid groups (broad SMARTS) is 1. The summed E-state index contributed by atoms with van der Waals surface area (Å²) in [5, 5.41) is 12.2. The molecule has 19 heavy (non-hydrogen) atoms. The number of carbonyl (C=O) groups is 1. The van der Waals surface area contributed by atoms with E-state index in [0.717, 1.165) is 10.7 Å². The first-order valence-corrected chi connectivity index (χ1v) is 5.29. The van der Waals surface area contributed by atoms with Crippen LogP contribution in [-0.4, -0.2) is 20.9 Å². The molecule has 1 heterocycles. The lowest BCUT2D eigenvalue weighted by Gasteiger charge is -2.04. The summed E-state index contributed by atoms with van der Waals surface area (Å²) < 4.78 is 38.2. The monoisotopic (exact) mass is 270 g/mol. The number of hydrogen-bond acceptors (Lipinski definition) is 2. The van der Waals surface area contributed by atoms with Crippen LogP contribution in [0.4, 0.5) is 13.2 Å². The number of aromatic carboxylic acids is 1. The molecule has 0 amide bonds. The average molecular weight is 270 g/mol. The van der Waals surface area contributed by atoms with Crippen molar-refractivity contribution >= 4 is 5.97 Å². The average Bonchev–Trinajstić information content (AvgIpc) is 2.77. The van der Waals surface area contributed by atoms with Gasteiger partial charge in [0, 0.05) is 6.20 Å². The fourth-order valence-corrected chi connectivity index (χ4v) is 1.59. The maximum absolute atomic E-state index is 12.4. The van der Waals surface area contributed by atoms with Crippen LogP contribution in [0, 0.1) is 0 Å². The molecule has 0 bridgehead atoms. The topological polar surface area (TPSA) is 55.1 Å². The Labute approximate surface area is 106 Å². The summed E-state index contributed by atoms with van der Waals surface area (Å²) in [6, 6.07) is 6.85. The second-order valence-electron chi connectivity index (χ2n) is 3.90. The zero-order valence-corrected chi connectivity index (χ0v) is 9.55. The Morgan fingerprint density at radius 3 is 2.63 bits per heavy atom. The van der Waals surface area contributed by atoms with Gasteiger partial charge in [0.05, 0.1) is 12.1 Å². The molecule has 0 saturated carbocycles. The van der Waals surface area contributed by atoms with Crippen molar-refractivity contribution in [1.82, 2.24) is 9.78 Å². The van der Waals surface area contributed by atoms with Crippen LogP contribution in [0.1, 0.15) is 21.6 Å². The van der Waals surface area contributed by atoms with Crippen molar-refractivity contribution in [3.63, 3.8) is 0 Å². The molecule has 0 aliphatic heterocycles. The number of rotatable bonds is 3. The minimum atomic E-state index is -4.48. The Bertz CT molecular complexity index is 605. The van der Waals surface area contributed by atoms with Crippen molar-refractivity contribution in [2.24, 2.45) is 0 Å². The molecule has 0 unspecified atom stereocenters. The minimum Gasteiger partial charge on any atom is -0.478 e. The third kappa shape index (κ3) is 3.12. The quantitative estimate of drug-likeness (QED) is 0.932. The zero-order chi connectivity index (χ0) is 14.0. The van der Waals surface area contributed by atoms with Crippen LogP contribution in [0.15, 0.2) is 36.5 Å². The molecular weight excluding hydrogens is 261 g/mol. The molecule has 0 radical (unpaired) electrons. The van der Waals surface area contributed by atoms with Crippen LogP contribution in [0.5, 0.6) is 0 Å². The highest BCUT2D eigenvalue weighted by molar-refractivity contribution is 5.87. The highest BCUT2D eigenvalue weighted by Crippen LogP contribution is 2.27. The van der Waals surface area contributed by atoms with Crippen LogP contribution in [0.25, 0.3) is 0 Å². The molecule has 7 heteroatoms. The summed E-state index contributed by atoms with van der Waals surface area (Å²) in [6.07, 6.45) is -3.27. The van der Waals surface area contributed by atoms with Crippen molar-refractivity contribution in [1.29, 1.82) is 0 Å². The predicted octanol–water partition coefficient (Wildman–Crippen LogP) is 2.65. The maximum atomic E-state index is 12.4. The molecule has 0 spiro atoms. The normalized spacial score (nSPS) is 11.5. The van der Waals surface area contributed by atoms with E-state index in [1.165, 1.54) is 24.4 Å². The van der Waals surface area contributed by atoms with Crippen LogP contribution in [0.2, 0.25) is 0 Å². The number of alkyl halides is 3. The van der Waals surface area contributed by atoms with Crippen molar-refractivity contribution in [2.45, 2.75) is 12.7 Å². The highest BCUT2D eigenvalue weighted by Gasteiger charge is 2.33. The van der Waals surface area contributed by atoms with Gasteiger partial charge >= 0.3 is 12.1 Å². The molecule has 1 aromatic carbocycles. The van der Waals surface area contributed by atoms with Gasteiger partial charge in [0.25, 0.3) is 0 Å². The largest absolute Gasteiger partial charge is 0.478 e. The van der Waals surface area contributed by atoms with E-state index in [1.54, 1.807) is 6.07 Å². The van der Waals surface area contributed by atoms with E-state index >= 15 is 0 Å². The van der Waals surface area contributed by atoms with Gasteiger partial charge in [-0.15, -0.1) is 0 Å². The van der Waals surface area contributed by atoms with Gasteiger partial charge in [-0.05, 0) is 23.8 Å². The summed E-state index contributed by atoms with van der Waals surface area (Å²) in [6.45, 7) is 0.0806. The Kier molecular flexibility index (Phi) is 3.28. The lowest BCUT2D eigenvalue weighted by Crippen LogP contribution is -2.08. The van der Waals surface area contributed by atoms with Gasteiger partial charge in [0.15, 0.2) is 5.69 Å². The summed E-state index contributed by atoms with van der Waals surface area (Å²) in [4.78, 5) is 10.8. The Balaban J connectivity index is 2.19. The summed E-state index contributed by atoms with van der Waals surface area (Å²) >= 11 is 0. The SMILES string of the molecule is O=C(O)c1cccc(Cn2ccc(C(F)(F)F)n2)c1. The van der Waals surface area contributed by atoms with Crippen molar-refractivity contribution in [3.8, 4) is 0 Å². The highest BCUT2D eigenvalue weighted by atomic mass is 19.4. The standard InChI is InChI=1S/C12H9F3N2O2/c13-12(14,15)10-4-5-17(16-10)7-8-2-1-3-9(6-8)11(18)19/h1-6H,7H2,(H,18,19). The van der Waals surface area contributed by atoms with Crippen molar-refractivity contribution < 1.29 is 23.1 Å². The first-order valence-electron chi connectivity index (χ1n) is 5.29. The molecule has 0 aliphatic rings. The number of nitrogens with zero attached hydrogens (tertiary/aromatic N) is 2. The molecule has 1 aromatic heterocycles. The fourth-order valence-electron chi connectivity index (χ4n) is 1.59. The molecule has 100 valence electrons. The van der Waals surface area contributed by atoms with E-state index in [1.807, 2.05) is 0 Å². The maximum Gasteiger partial charge on any atom is 0.435 e. The van der Waals surface area contributed by atoms with Gasteiger partial charge in [-0.25, -0.2) is 4.79 Å². The first-order chi connectivity index (χ1) is 8.86. The first kappa shape index (κ1) is 13.1. The molecule has 1 N–H and O–H groups in total. The van der Waals surface area contributed by atoms with E-state index in [9.17, 15) is 18.0 Å². The molecule has 4 nitrogen and oxygen atoms in total. The zero-order valence-electron chi connectivity index (χ0n) is 9.55. The molecule has 2 rings (SSSR count). The number of benzene rings is 1. The van der Waals surface area contributed by atoms with E-state index in [4.69, 9.17) is 5.11 Å². The lowest BCUT2D eigenvalue weighted by molar-refractivity contribution is -0.141. The smallest absolute Gasteiger partial charge is 0.435 e. The molecule has 0 fully saturated rings. The van der Waals surface area contributed by atoms with Crippen LogP contribution in [0.3, 0.4) is 0 Å². The Morgan fingerprint density at radius 1 is 1.32 bits per heavy atom. The van der Waals surface area contributed by atoms with E-state index in [-0.39, 0.29) is 12.1 Å². The molecule has 2 aromatic rings. The lowest BCUT2D eigenvalue weighted by atomic mass is 10.1. The number of halogens is 3.